The molecule has 1 aromatic rings. The van der Waals surface area contributed by atoms with E-state index in [2.05, 4.69) is 21.2 Å². The number of rotatable bonds is 3. The molecule has 5 heteroatoms. The highest BCUT2D eigenvalue weighted by molar-refractivity contribution is 5.81. The Hall–Kier alpha value is -1.62. The SMILES string of the molecule is O=C(NNc1ccccn1)C1CNC1. The van der Waals surface area contributed by atoms with E-state index in [0.717, 1.165) is 13.1 Å². The maximum absolute atomic E-state index is 11.4. The van der Waals surface area contributed by atoms with Crippen LogP contribution >= 0.6 is 0 Å². The lowest BCUT2D eigenvalue weighted by atomic mass is 10.0. The lowest BCUT2D eigenvalue weighted by molar-refractivity contribution is -0.125. The van der Waals surface area contributed by atoms with E-state index in [-0.39, 0.29) is 11.8 Å². The largest absolute Gasteiger partial charge is 0.315 e. The number of hydrazine groups is 1. The zero-order chi connectivity index (χ0) is 9.80. The van der Waals surface area contributed by atoms with Crippen LogP contribution in [0.25, 0.3) is 0 Å². The van der Waals surface area contributed by atoms with Crippen LogP contribution in [0.5, 0.6) is 0 Å². The van der Waals surface area contributed by atoms with Crippen LogP contribution in [-0.4, -0.2) is 24.0 Å². The number of hydrogen-bond acceptors (Lipinski definition) is 4. The molecule has 1 amide bonds. The molecule has 0 aromatic carbocycles. The monoisotopic (exact) mass is 192 g/mol. The van der Waals surface area contributed by atoms with Crippen molar-refractivity contribution in [2.75, 3.05) is 18.5 Å². The Labute approximate surface area is 81.9 Å². The first-order valence-electron chi connectivity index (χ1n) is 4.54. The van der Waals surface area contributed by atoms with E-state index >= 15 is 0 Å². The fraction of sp³-hybridized carbons (Fsp3) is 0.333. The summed E-state index contributed by atoms with van der Waals surface area (Å²) in [6.45, 7) is 1.52. The maximum Gasteiger partial charge on any atom is 0.244 e. The van der Waals surface area contributed by atoms with Crippen molar-refractivity contribution in [1.82, 2.24) is 15.7 Å². The van der Waals surface area contributed by atoms with Crippen molar-refractivity contribution >= 4 is 11.7 Å². The molecule has 3 N–H and O–H groups in total. The molecule has 2 heterocycles. The second kappa shape index (κ2) is 4.06. The highest BCUT2D eigenvalue weighted by atomic mass is 16.2. The predicted octanol–water partition coefficient (Wildman–Crippen LogP) is -0.256. The van der Waals surface area contributed by atoms with Gasteiger partial charge in [-0.05, 0) is 12.1 Å². The van der Waals surface area contributed by atoms with Crippen molar-refractivity contribution in [3.8, 4) is 0 Å². The molecule has 0 radical (unpaired) electrons. The third-order valence-electron chi connectivity index (χ3n) is 2.13. The Balaban J connectivity index is 1.79. The maximum atomic E-state index is 11.4. The van der Waals surface area contributed by atoms with E-state index < -0.39 is 0 Å². The zero-order valence-corrected chi connectivity index (χ0v) is 7.66. The Bertz CT molecular complexity index is 310. The molecule has 2 rings (SSSR count). The fourth-order valence-electron chi connectivity index (χ4n) is 1.14. The number of nitrogens with zero attached hydrogens (tertiary/aromatic N) is 1. The van der Waals surface area contributed by atoms with Crippen molar-refractivity contribution in [3.05, 3.63) is 24.4 Å². The summed E-state index contributed by atoms with van der Waals surface area (Å²) in [4.78, 5) is 15.4. The molecular formula is C9H12N4O. The van der Waals surface area contributed by atoms with Gasteiger partial charge >= 0.3 is 0 Å². The number of carbonyl (C=O) groups excluding carboxylic acids is 1. The minimum absolute atomic E-state index is 0.00871. The number of hydrogen-bond donors (Lipinski definition) is 3. The van der Waals surface area contributed by atoms with E-state index in [0.29, 0.717) is 5.82 Å². The number of anilines is 1. The van der Waals surface area contributed by atoms with Crippen LogP contribution < -0.4 is 16.2 Å². The average Bonchev–Trinajstić information content (AvgIpc) is 2.14. The molecule has 0 saturated carbocycles. The highest BCUT2D eigenvalue weighted by Gasteiger charge is 2.24. The van der Waals surface area contributed by atoms with Gasteiger partial charge in [-0.2, -0.15) is 0 Å². The summed E-state index contributed by atoms with van der Waals surface area (Å²) in [6, 6.07) is 5.47. The van der Waals surface area contributed by atoms with Gasteiger partial charge in [0.15, 0.2) is 0 Å². The first kappa shape index (κ1) is 8.96. The second-order valence-corrected chi connectivity index (χ2v) is 3.18. The summed E-state index contributed by atoms with van der Waals surface area (Å²) in [6.07, 6.45) is 1.67. The molecule has 0 aliphatic carbocycles. The highest BCUT2D eigenvalue weighted by Crippen LogP contribution is 2.02. The van der Waals surface area contributed by atoms with Gasteiger partial charge in [-0.1, -0.05) is 6.07 Å². The van der Waals surface area contributed by atoms with Gasteiger partial charge in [0.05, 0.1) is 5.92 Å². The molecular weight excluding hydrogens is 180 g/mol. The molecule has 14 heavy (non-hydrogen) atoms. The summed E-state index contributed by atoms with van der Waals surface area (Å²) >= 11 is 0. The lowest BCUT2D eigenvalue weighted by Gasteiger charge is -2.25. The van der Waals surface area contributed by atoms with Crippen LogP contribution in [0.3, 0.4) is 0 Å². The van der Waals surface area contributed by atoms with Gasteiger partial charge in [-0.25, -0.2) is 4.98 Å². The first-order chi connectivity index (χ1) is 6.86. The quantitative estimate of drug-likeness (QED) is 0.577. The normalized spacial score (nSPS) is 15.7. The molecule has 1 saturated heterocycles. The summed E-state index contributed by atoms with van der Waals surface area (Å²) in [5.41, 5.74) is 5.36. The van der Waals surface area contributed by atoms with Gasteiger partial charge < -0.3 is 5.32 Å². The molecule has 0 bridgehead atoms. The second-order valence-electron chi connectivity index (χ2n) is 3.18. The molecule has 1 aromatic heterocycles. The van der Waals surface area contributed by atoms with Crippen molar-refractivity contribution < 1.29 is 4.79 Å². The number of pyridine rings is 1. The number of aromatic nitrogens is 1. The molecule has 5 nitrogen and oxygen atoms in total. The van der Waals surface area contributed by atoms with Gasteiger partial charge in [0.1, 0.15) is 5.82 Å². The van der Waals surface area contributed by atoms with Gasteiger partial charge in [-0.3, -0.25) is 15.6 Å². The van der Waals surface area contributed by atoms with Crippen LogP contribution in [0.1, 0.15) is 0 Å². The van der Waals surface area contributed by atoms with E-state index in [4.69, 9.17) is 0 Å². The first-order valence-corrected chi connectivity index (χ1v) is 4.54. The Morgan fingerprint density at radius 3 is 2.93 bits per heavy atom. The minimum atomic E-state index is 0.00871. The van der Waals surface area contributed by atoms with Crippen LogP contribution in [-0.2, 0) is 4.79 Å². The summed E-state index contributed by atoms with van der Waals surface area (Å²) in [7, 11) is 0. The van der Waals surface area contributed by atoms with Crippen LogP contribution in [0, 0.1) is 5.92 Å². The van der Waals surface area contributed by atoms with Gasteiger partial charge in [0, 0.05) is 19.3 Å². The van der Waals surface area contributed by atoms with E-state index in [1.165, 1.54) is 0 Å². The van der Waals surface area contributed by atoms with Crippen molar-refractivity contribution in [3.63, 3.8) is 0 Å². The van der Waals surface area contributed by atoms with Gasteiger partial charge in [0.2, 0.25) is 5.91 Å². The predicted molar refractivity (Wildman–Crippen MR) is 52.4 cm³/mol. The molecule has 0 unspecified atom stereocenters. The molecule has 1 aliphatic heterocycles. The number of nitrogens with one attached hydrogen (secondary N) is 3. The average molecular weight is 192 g/mol. The summed E-state index contributed by atoms with van der Waals surface area (Å²) in [5.74, 6) is 0.744. The van der Waals surface area contributed by atoms with Gasteiger partial charge in [0.25, 0.3) is 0 Å². The smallest absolute Gasteiger partial charge is 0.244 e. The van der Waals surface area contributed by atoms with Crippen molar-refractivity contribution in [1.29, 1.82) is 0 Å². The molecule has 0 atom stereocenters. The van der Waals surface area contributed by atoms with Crippen LogP contribution in [0.4, 0.5) is 5.82 Å². The van der Waals surface area contributed by atoms with Crippen LogP contribution in [0.2, 0.25) is 0 Å². The molecule has 74 valence electrons. The van der Waals surface area contributed by atoms with Crippen molar-refractivity contribution in [2.45, 2.75) is 0 Å². The van der Waals surface area contributed by atoms with Crippen molar-refractivity contribution in [2.24, 2.45) is 5.92 Å². The Morgan fingerprint density at radius 1 is 1.50 bits per heavy atom. The van der Waals surface area contributed by atoms with E-state index in [1.54, 1.807) is 12.3 Å². The summed E-state index contributed by atoms with van der Waals surface area (Å²) < 4.78 is 0. The zero-order valence-electron chi connectivity index (χ0n) is 7.66. The van der Waals surface area contributed by atoms with Crippen LogP contribution in [0.15, 0.2) is 24.4 Å². The molecule has 0 spiro atoms. The lowest BCUT2D eigenvalue weighted by Crippen LogP contribution is -2.51. The standard InChI is InChI=1S/C9H12N4O/c14-9(7-5-10-6-7)13-12-8-3-1-2-4-11-8/h1-4,7,10H,5-6H2,(H,11,12)(H,13,14). The summed E-state index contributed by atoms with van der Waals surface area (Å²) in [5, 5.41) is 3.04. The minimum Gasteiger partial charge on any atom is -0.315 e. The van der Waals surface area contributed by atoms with E-state index in [1.807, 2.05) is 12.1 Å². The third kappa shape index (κ3) is 2.00. The topological polar surface area (TPSA) is 66.0 Å². The Morgan fingerprint density at radius 2 is 2.36 bits per heavy atom. The molecule has 1 aliphatic rings. The number of amides is 1. The van der Waals surface area contributed by atoms with Gasteiger partial charge in [-0.15, -0.1) is 0 Å². The van der Waals surface area contributed by atoms with E-state index in [9.17, 15) is 4.79 Å². The molecule has 1 fully saturated rings. The Kier molecular flexibility index (Phi) is 2.60. The number of carbonyl (C=O) groups is 1. The fourth-order valence-corrected chi connectivity index (χ4v) is 1.14. The third-order valence-corrected chi connectivity index (χ3v) is 2.13.